The van der Waals surface area contributed by atoms with E-state index in [1.54, 1.807) is 10.3 Å². The number of aryl methyl sites for hydroxylation is 4. The summed E-state index contributed by atoms with van der Waals surface area (Å²) in [7, 11) is 0. The van der Waals surface area contributed by atoms with Crippen molar-refractivity contribution in [3.05, 3.63) is 85.5 Å². The molecule has 0 spiro atoms. The van der Waals surface area contributed by atoms with E-state index in [1.165, 1.54) is 125 Å². The molecular weight excluding hydrogens is 675 g/mol. The van der Waals surface area contributed by atoms with Crippen molar-refractivity contribution in [2.24, 2.45) is 0 Å². The van der Waals surface area contributed by atoms with Gasteiger partial charge in [0.2, 0.25) is 11.4 Å². The number of rotatable bonds is 21. The van der Waals surface area contributed by atoms with Crippen LogP contribution in [0.15, 0.2) is 35.4 Å². The summed E-state index contributed by atoms with van der Waals surface area (Å²) in [4.78, 5) is 3.01. The number of hydrogen-bond acceptors (Lipinski definition) is 0. The van der Waals surface area contributed by atoms with Gasteiger partial charge in [0, 0.05) is 22.3 Å². The Hall–Kier alpha value is -1.82. The fourth-order valence-electron chi connectivity index (χ4n) is 6.67. The van der Waals surface area contributed by atoms with Gasteiger partial charge in [-0.3, -0.25) is 0 Å². The van der Waals surface area contributed by atoms with Gasteiger partial charge in [-0.1, -0.05) is 60.3 Å². The Bertz CT molecular complexity index is 1290. The van der Waals surface area contributed by atoms with Gasteiger partial charge < -0.3 is 5.53 Å². The first kappa shape index (κ1) is 42.4. The van der Waals surface area contributed by atoms with Crippen molar-refractivity contribution in [3.8, 4) is 0 Å². The van der Waals surface area contributed by atoms with Crippen molar-refractivity contribution in [2.75, 3.05) is 0 Å². The zero-order valence-electron chi connectivity index (χ0n) is 33.0. The molecule has 0 saturated heterocycles. The van der Waals surface area contributed by atoms with Gasteiger partial charge in [-0.05, 0) is 136 Å². The van der Waals surface area contributed by atoms with Crippen LogP contribution in [0.3, 0.4) is 0 Å². The quantitative estimate of drug-likeness (QED) is 0.0690. The van der Waals surface area contributed by atoms with E-state index in [2.05, 4.69) is 93.5 Å². The van der Waals surface area contributed by atoms with Crippen molar-refractivity contribution >= 4 is 11.4 Å². The Morgan fingerprint density at radius 1 is 0.521 bits per heavy atom. The molecule has 272 valence electrons. The maximum absolute atomic E-state index is 12.0. The molecule has 0 saturated carbocycles. The van der Waals surface area contributed by atoms with Gasteiger partial charge in [-0.15, -0.1) is 0 Å². The third kappa shape index (κ3) is 12.2. The van der Waals surface area contributed by atoms with Gasteiger partial charge in [0.05, 0.1) is 0 Å². The van der Waals surface area contributed by atoms with Crippen LogP contribution in [-0.2, 0) is 37.2 Å². The van der Waals surface area contributed by atoms with Crippen LogP contribution in [0.5, 0.6) is 0 Å². The molecule has 0 amide bonds. The fraction of sp³-hybridized carbons (Fsp3) is 0.644. The Balaban J connectivity index is 0.000000778. The predicted molar refractivity (Wildman–Crippen MR) is 210 cm³/mol. The third-order valence-corrected chi connectivity index (χ3v) is 12.1. The number of unbranched alkanes of at least 4 members (excludes halogenated alkanes) is 6. The number of hydrogen-bond donors (Lipinski definition) is 0. The second-order valence-electron chi connectivity index (χ2n) is 13.9. The average molecular weight is 748 g/mol. The molecule has 0 fully saturated rings. The topological polar surface area (TPSA) is 25.3 Å². The minimum atomic E-state index is 0.922. The van der Waals surface area contributed by atoms with Gasteiger partial charge in [-0.2, -0.15) is 0 Å². The van der Waals surface area contributed by atoms with Crippen molar-refractivity contribution in [1.29, 1.82) is 0 Å². The van der Waals surface area contributed by atoms with Crippen molar-refractivity contribution < 1.29 is 22.7 Å². The van der Waals surface area contributed by atoms with E-state index in [-0.39, 0.29) is 0 Å². The van der Waals surface area contributed by atoms with Crippen LogP contribution < -0.4 is 0 Å². The molecule has 0 unspecified atom stereocenters. The number of nitrogens with zero attached hydrogens (tertiary/aromatic N) is 2. The minimum absolute atomic E-state index is 0.922. The molecule has 3 heteroatoms. The molecule has 3 rings (SSSR count). The van der Waals surface area contributed by atoms with Gasteiger partial charge >= 0.3 is 67.3 Å². The van der Waals surface area contributed by atoms with Gasteiger partial charge in [0.25, 0.3) is 0 Å². The second-order valence-corrected chi connectivity index (χ2v) is 16.3. The molecule has 1 heterocycles. The van der Waals surface area contributed by atoms with Crippen molar-refractivity contribution in [2.45, 2.75) is 188 Å². The Morgan fingerprint density at radius 2 is 0.938 bits per heavy atom. The molecule has 1 aliphatic heterocycles. The molecule has 48 heavy (non-hydrogen) atoms. The van der Waals surface area contributed by atoms with Crippen LogP contribution >= 0.6 is 0 Å². The maximum atomic E-state index is 12.0. The molecule has 0 bridgehead atoms. The number of allylic oxidation sites excluding steroid dienone is 2. The van der Waals surface area contributed by atoms with E-state index < -0.39 is 0 Å². The van der Waals surface area contributed by atoms with Gasteiger partial charge in [-0.25, -0.2) is 4.70 Å². The Morgan fingerprint density at radius 3 is 1.40 bits per heavy atom. The summed E-state index contributed by atoms with van der Waals surface area (Å²) in [5, 5.41) is 0. The van der Waals surface area contributed by atoms with E-state index in [0.717, 1.165) is 73.5 Å². The monoisotopic (exact) mass is 746 g/mol. The summed E-state index contributed by atoms with van der Waals surface area (Å²) >= 11 is 1.07. The standard InChI is InChI=1S/C37H54N2.2C4H9.Pd/c1-9-14-18-29-24-32(25-30(19-15-10-2)34(29)20-16-11-3)36-33(13-5)35(21-17-12-4)37(39(36)38)31-22-26(6)28(8)27(7)23-31;2*1-3-4-2;/h22-25H,9-21H2,1-8H3;2*1,3-4H2,2H3;. The molecule has 0 atom stereocenters. The summed E-state index contributed by atoms with van der Waals surface area (Å²) in [6.45, 7) is 22.5. The number of benzene rings is 2. The van der Waals surface area contributed by atoms with E-state index in [4.69, 9.17) is 0 Å². The van der Waals surface area contributed by atoms with E-state index in [9.17, 15) is 5.53 Å². The molecular formula is C45H72N2Pd. The Labute approximate surface area is 306 Å². The summed E-state index contributed by atoms with van der Waals surface area (Å²) in [6, 6.07) is 9.43. The van der Waals surface area contributed by atoms with E-state index in [1.807, 2.05) is 0 Å². The molecule has 2 aromatic rings. The van der Waals surface area contributed by atoms with Gasteiger partial charge in [0.1, 0.15) is 0 Å². The van der Waals surface area contributed by atoms with Crippen LogP contribution in [0, 0.1) is 20.8 Å². The van der Waals surface area contributed by atoms with Crippen LogP contribution in [-0.4, -0.2) is 4.70 Å². The van der Waals surface area contributed by atoms with Crippen molar-refractivity contribution in [3.63, 3.8) is 0 Å². The zero-order valence-corrected chi connectivity index (χ0v) is 34.5. The summed E-state index contributed by atoms with van der Waals surface area (Å²) in [5.41, 5.74) is 27.6. The second kappa shape index (κ2) is 23.6. The SMILES string of the molecule is CCCCC1=C(c2cc(C)c(C)c(C)c2)[N+](=[N-])C(c2cc(CCCC)c(CCCC)c(CCCC)c2)=C1CC.CCC[CH2][Pd][CH2]CCC. The van der Waals surface area contributed by atoms with Crippen LogP contribution in [0.2, 0.25) is 9.79 Å². The fourth-order valence-corrected chi connectivity index (χ4v) is 8.94. The van der Waals surface area contributed by atoms with Crippen molar-refractivity contribution in [1.82, 2.24) is 0 Å². The molecule has 0 aromatic heterocycles. The van der Waals surface area contributed by atoms with Gasteiger partial charge in [0.15, 0.2) is 0 Å². The summed E-state index contributed by atoms with van der Waals surface area (Å²) in [5.74, 6) is 0. The molecule has 2 nitrogen and oxygen atoms in total. The molecule has 2 aromatic carbocycles. The molecule has 0 aliphatic carbocycles. The van der Waals surface area contributed by atoms with E-state index in [0.29, 0.717) is 0 Å². The first-order valence-electron chi connectivity index (χ1n) is 19.9. The van der Waals surface area contributed by atoms with Crippen LogP contribution in [0.25, 0.3) is 16.9 Å². The molecule has 1 aliphatic rings. The first-order valence-corrected chi connectivity index (χ1v) is 22.1. The summed E-state index contributed by atoms with van der Waals surface area (Å²) in [6.07, 6.45) is 20.6. The van der Waals surface area contributed by atoms with E-state index >= 15 is 0 Å². The Kier molecular flexibility index (Phi) is 20.8. The first-order chi connectivity index (χ1) is 23.2. The van der Waals surface area contributed by atoms with Crippen LogP contribution in [0.4, 0.5) is 0 Å². The predicted octanol–water partition coefficient (Wildman–Crippen LogP) is 14.9. The van der Waals surface area contributed by atoms with Crippen LogP contribution in [0.1, 0.15) is 183 Å². The zero-order chi connectivity index (χ0) is 35.5. The average Bonchev–Trinajstić information content (AvgIpc) is 3.37. The molecule has 0 radical (unpaired) electrons. The molecule has 0 N–H and O–H groups in total. The third-order valence-electron chi connectivity index (χ3n) is 9.94. The summed E-state index contributed by atoms with van der Waals surface area (Å²) < 4.78 is 1.57. The normalized spacial score (nSPS) is 13.2.